The van der Waals surface area contributed by atoms with Crippen LogP contribution in [0.5, 0.6) is 0 Å². The third-order valence-electron chi connectivity index (χ3n) is 2.35. The average molecular weight is 196 g/mol. The van der Waals surface area contributed by atoms with E-state index in [1.165, 1.54) is 6.92 Å². The Bertz CT molecular complexity index is 305. The molecule has 2 N–H and O–H groups in total. The van der Waals surface area contributed by atoms with Crippen molar-refractivity contribution in [3.05, 3.63) is 11.3 Å². The first kappa shape index (κ1) is 10.8. The van der Waals surface area contributed by atoms with E-state index in [0.29, 0.717) is 11.3 Å². The predicted molar refractivity (Wildman–Crippen MR) is 53.7 cm³/mol. The summed E-state index contributed by atoms with van der Waals surface area (Å²) >= 11 is 0. The fourth-order valence-corrected chi connectivity index (χ4v) is 1.70. The van der Waals surface area contributed by atoms with Crippen LogP contribution in [-0.4, -0.2) is 17.9 Å². The molecule has 1 rings (SSSR count). The van der Waals surface area contributed by atoms with Crippen LogP contribution in [0.2, 0.25) is 0 Å². The van der Waals surface area contributed by atoms with E-state index < -0.39 is 0 Å². The van der Waals surface area contributed by atoms with E-state index in [4.69, 9.17) is 0 Å². The van der Waals surface area contributed by atoms with Crippen molar-refractivity contribution < 1.29 is 9.59 Å². The number of Topliss-reactive ketones (excluding diaryl/α,β-unsaturated/α-hetero) is 1. The molecule has 0 aromatic rings. The molecule has 1 unspecified atom stereocenters. The maximum absolute atomic E-state index is 11.4. The minimum atomic E-state index is -0.230. The number of hydrogen-bond donors (Lipinski definition) is 2. The molecule has 1 aliphatic rings. The Kier molecular flexibility index (Phi) is 2.93. The quantitative estimate of drug-likeness (QED) is 0.697. The van der Waals surface area contributed by atoms with Crippen LogP contribution in [0, 0.1) is 5.92 Å². The summed E-state index contributed by atoms with van der Waals surface area (Å²) in [7, 11) is 0. The van der Waals surface area contributed by atoms with Crippen LogP contribution in [0.4, 0.5) is 4.79 Å². The van der Waals surface area contributed by atoms with Gasteiger partial charge < -0.3 is 10.6 Å². The standard InChI is InChI=1S/C10H16N2O2/c1-5(2)9-8(7(4)13)6(3)11-10(14)12-9/h5,9H,1-4H3,(H2,11,12,14). The molecule has 0 saturated carbocycles. The Morgan fingerprint density at radius 1 is 1.43 bits per heavy atom. The maximum Gasteiger partial charge on any atom is 0.319 e. The number of amides is 2. The van der Waals surface area contributed by atoms with Crippen LogP contribution in [0.25, 0.3) is 0 Å². The first-order valence-electron chi connectivity index (χ1n) is 4.72. The molecule has 1 atom stereocenters. The van der Waals surface area contributed by atoms with Gasteiger partial charge in [0, 0.05) is 11.3 Å². The molecular weight excluding hydrogens is 180 g/mol. The Balaban J connectivity index is 3.08. The molecule has 0 aliphatic carbocycles. The Hall–Kier alpha value is -1.32. The van der Waals surface area contributed by atoms with E-state index in [2.05, 4.69) is 10.6 Å². The molecule has 1 aliphatic heterocycles. The van der Waals surface area contributed by atoms with Gasteiger partial charge in [-0.15, -0.1) is 0 Å². The van der Waals surface area contributed by atoms with E-state index in [1.54, 1.807) is 6.92 Å². The van der Waals surface area contributed by atoms with Crippen molar-refractivity contribution in [1.82, 2.24) is 10.6 Å². The second kappa shape index (κ2) is 3.82. The molecule has 0 saturated heterocycles. The highest BCUT2D eigenvalue weighted by Gasteiger charge is 2.29. The van der Waals surface area contributed by atoms with E-state index in [9.17, 15) is 9.59 Å². The normalized spacial score (nSPS) is 22.1. The van der Waals surface area contributed by atoms with Crippen molar-refractivity contribution >= 4 is 11.8 Å². The van der Waals surface area contributed by atoms with E-state index >= 15 is 0 Å². The van der Waals surface area contributed by atoms with Gasteiger partial charge in [0.1, 0.15) is 0 Å². The lowest BCUT2D eigenvalue weighted by molar-refractivity contribution is -0.114. The third kappa shape index (κ3) is 1.95. The SMILES string of the molecule is CC(=O)C1=C(C)NC(=O)NC1C(C)C. The molecule has 0 aromatic carbocycles. The number of urea groups is 1. The highest BCUT2D eigenvalue weighted by molar-refractivity contribution is 5.98. The average Bonchev–Trinajstić information content (AvgIpc) is 2.01. The van der Waals surface area contributed by atoms with Gasteiger partial charge in [0.15, 0.2) is 5.78 Å². The van der Waals surface area contributed by atoms with Gasteiger partial charge in [0.05, 0.1) is 6.04 Å². The third-order valence-corrected chi connectivity index (χ3v) is 2.35. The van der Waals surface area contributed by atoms with Crippen LogP contribution >= 0.6 is 0 Å². The highest BCUT2D eigenvalue weighted by atomic mass is 16.2. The fourth-order valence-electron chi connectivity index (χ4n) is 1.70. The molecule has 0 bridgehead atoms. The van der Waals surface area contributed by atoms with Crippen LogP contribution in [-0.2, 0) is 4.79 Å². The van der Waals surface area contributed by atoms with Crippen LogP contribution in [0.3, 0.4) is 0 Å². The summed E-state index contributed by atoms with van der Waals surface area (Å²) < 4.78 is 0. The molecule has 4 heteroatoms. The highest BCUT2D eigenvalue weighted by Crippen LogP contribution is 2.19. The van der Waals surface area contributed by atoms with Crippen molar-refractivity contribution in [2.45, 2.75) is 33.7 Å². The predicted octanol–water partition coefficient (Wildman–Crippen LogP) is 1.19. The van der Waals surface area contributed by atoms with Crippen molar-refractivity contribution in [2.24, 2.45) is 5.92 Å². The van der Waals surface area contributed by atoms with Crippen molar-refractivity contribution in [1.29, 1.82) is 0 Å². The van der Waals surface area contributed by atoms with E-state index in [0.717, 1.165) is 0 Å². The molecule has 14 heavy (non-hydrogen) atoms. The summed E-state index contributed by atoms with van der Waals surface area (Å²) in [5.41, 5.74) is 1.35. The molecular formula is C10H16N2O2. The number of allylic oxidation sites excluding steroid dienone is 1. The smallest absolute Gasteiger partial charge is 0.319 e. The zero-order valence-corrected chi connectivity index (χ0v) is 8.97. The summed E-state index contributed by atoms with van der Waals surface area (Å²) in [5.74, 6) is 0.226. The number of rotatable bonds is 2. The van der Waals surface area contributed by atoms with Crippen LogP contribution in [0.15, 0.2) is 11.3 Å². The van der Waals surface area contributed by atoms with Crippen molar-refractivity contribution in [3.8, 4) is 0 Å². The molecule has 1 heterocycles. The summed E-state index contributed by atoms with van der Waals surface area (Å²) in [6.45, 7) is 7.23. The fraction of sp³-hybridized carbons (Fsp3) is 0.600. The summed E-state index contributed by atoms with van der Waals surface area (Å²) in [5, 5.41) is 5.35. The van der Waals surface area contributed by atoms with Gasteiger partial charge in [-0.3, -0.25) is 4.79 Å². The molecule has 0 radical (unpaired) electrons. The molecule has 4 nitrogen and oxygen atoms in total. The first-order chi connectivity index (χ1) is 6.43. The zero-order chi connectivity index (χ0) is 10.9. The minimum Gasteiger partial charge on any atom is -0.331 e. The van der Waals surface area contributed by atoms with Gasteiger partial charge in [0.25, 0.3) is 0 Å². The Labute approximate surface area is 83.8 Å². The molecule has 0 spiro atoms. The summed E-state index contributed by atoms with van der Waals surface area (Å²) in [4.78, 5) is 22.6. The topological polar surface area (TPSA) is 58.2 Å². The lowest BCUT2D eigenvalue weighted by atomic mass is 9.91. The Morgan fingerprint density at radius 3 is 2.43 bits per heavy atom. The van der Waals surface area contributed by atoms with Gasteiger partial charge in [-0.1, -0.05) is 13.8 Å². The first-order valence-corrected chi connectivity index (χ1v) is 4.72. The van der Waals surface area contributed by atoms with Gasteiger partial charge in [-0.2, -0.15) is 0 Å². The van der Waals surface area contributed by atoms with Crippen molar-refractivity contribution in [2.75, 3.05) is 0 Å². The maximum atomic E-state index is 11.4. The van der Waals surface area contributed by atoms with Gasteiger partial charge in [-0.05, 0) is 19.8 Å². The molecule has 78 valence electrons. The number of hydrogen-bond acceptors (Lipinski definition) is 2. The molecule has 2 amide bonds. The molecule has 0 aromatic heterocycles. The van der Waals surface area contributed by atoms with Gasteiger partial charge >= 0.3 is 6.03 Å². The molecule has 0 fully saturated rings. The number of carbonyl (C=O) groups is 2. The van der Waals surface area contributed by atoms with Crippen molar-refractivity contribution in [3.63, 3.8) is 0 Å². The monoisotopic (exact) mass is 196 g/mol. The van der Waals surface area contributed by atoms with Crippen LogP contribution < -0.4 is 10.6 Å². The number of ketones is 1. The zero-order valence-electron chi connectivity index (χ0n) is 8.97. The number of carbonyl (C=O) groups excluding carboxylic acids is 2. The van der Waals surface area contributed by atoms with E-state index in [-0.39, 0.29) is 23.8 Å². The lowest BCUT2D eigenvalue weighted by Gasteiger charge is -2.30. The lowest BCUT2D eigenvalue weighted by Crippen LogP contribution is -2.51. The second-order valence-corrected chi connectivity index (χ2v) is 3.92. The minimum absolute atomic E-state index is 0.00806. The second-order valence-electron chi connectivity index (χ2n) is 3.92. The van der Waals surface area contributed by atoms with Gasteiger partial charge in [0.2, 0.25) is 0 Å². The summed E-state index contributed by atoms with van der Waals surface area (Å²) in [6.07, 6.45) is 0. The Morgan fingerprint density at radius 2 is 2.00 bits per heavy atom. The number of nitrogens with one attached hydrogen (secondary N) is 2. The van der Waals surface area contributed by atoms with Crippen LogP contribution in [0.1, 0.15) is 27.7 Å². The largest absolute Gasteiger partial charge is 0.331 e. The van der Waals surface area contributed by atoms with E-state index in [1.807, 2.05) is 13.8 Å². The summed E-state index contributed by atoms with van der Waals surface area (Å²) in [6, 6.07) is -0.396. The van der Waals surface area contributed by atoms with Gasteiger partial charge in [-0.25, -0.2) is 4.79 Å².